The summed E-state index contributed by atoms with van der Waals surface area (Å²) >= 11 is -0.153. The number of rotatable bonds is 3. The predicted molar refractivity (Wildman–Crippen MR) is 59.9 cm³/mol. The van der Waals surface area contributed by atoms with Crippen LogP contribution < -0.4 is 5.32 Å². The maximum Gasteiger partial charge on any atom is 0.446 e. The summed E-state index contributed by atoms with van der Waals surface area (Å²) in [5.41, 5.74) is -3.61. The summed E-state index contributed by atoms with van der Waals surface area (Å²) in [6, 6.07) is 5.65. The van der Waals surface area contributed by atoms with E-state index >= 15 is 0 Å². The minimum Gasteiger partial charge on any atom is -0.379 e. The van der Waals surface area contributed by atoms with E-state index in [0.29, 0.717) is 12.1 Å². The Kier molecular flexibility index (Phi) is 3.51. The van der Waals surface area contributed by atoms with Crippen LogP contribution in [0.1, 0.15) is 12.8 Å². The zero-order chi connectivity index (χ0) is 12.5. The van der Waals surface area contributed by atoms with E-state index in [0.717, 1.165) is 6.42 Å². The van der Waals surface area contributed by atoms with Crippen LogP contribution in [0.15, 0.2) is 29.2 Å². The van der Waals surface area contributed by atoms with Crippen molar-refractivity contribution >= 4 is 17.4 Å². The van der Waals surface area contributed by atoms with Crippen LogP contribution in [0.2, 0.25) is 0 Å². The summed E-state index contributed by atoms with van der Waals surface area (Å²) in [6.07, 6.45) is 0.471. The average Bonchev–Trinajstić information content (AvgIpc) is 2.24. The Balaban J connectivity index is 1.93. The fraction of sp³-hybridized carbons (Fsp3) is 0.455. The monoisotopic (exact) mass is 265 g/mol. The van der Waals surface area contributed by atoms with E-state index in [2.05, 4.69) is 5.32 Å². The van der Waals surface area contributed by atoms with Gasteiger partial charge in [0.1, 0.15) is 6.17 Å². The lowest BCUT2D eigenvalue weighted by atomic mass is 9.90. The van der Waals surface area contributed by atoms with Gasteiger partial charge in [0.2, 0.25) is 0 Å². The summed E-state index contributed by atoms with van der Waals surface area (Å²) < 4.78 is 49.1. The molecule has 0 bridgehead atoms. The molecule has 0 heterocycles. The largest absolute Gasteiger partial charge is 0.446 e. The molecule has 1 saturated carbocycles. The third kappa shape index (κ3) is 3.52. The molecule has 1 aliphatic rings. The Morgan fingerprint density at radius 1 is 1.12 bits per heavy atom. The molecule has 1 aromatic rings. The maximum absolute atomic E-state index is 13.0. The number of benzene rings is 1. The second-order valence-electron chi connectivity index (χ2n) is 3.92. The first kappa shape index (κ1) is 12.5. The first-order chi connectivity index (χ1) is 7.94. The maximum atomic E-state index is 13.0. The molecule has 1 N–H and O–H groups in total. The molecular weight excluding hydrogens is 254 g/mol. The molecule has 0 radical (unpaired) electrons. The SMILES string of the molecule is FC1CCC1Nc1ccc(SC(F)(F)F)cc1. The summed E-state index contributed by atoms with van der Waals surface area (Å²) in [5, 5.41) is 2.95. The Morgan fingerprint density at radius 2 is 1.76 bits per heavy atom. The molecule has 6 heteroatoms. The molecule has 2 rings (SSSR count). The topological polar surface area (TPSA) is 12.0 Å². The molecule has 0 aromatic heterocycles. The van der Waals surface area contributed by atoms with Crippen molar-refractivity contribution in [2.75, 3.05) is 5.32 Å². The highest BCUT2D eigenvalue weighted by atomic mass is 32.2. The van der Waals surface area contributed by atoms with Gasteiger partial charge in [0, 0.05) is 10.6 Å². The van der Waals surface area contributed by atoms with E-state index in [9.17, 15) is 17.6 Å². The van der Waals surface area contributed by atoms with Crippen molar-refractivity contribution in [3.05, 3.63) is 24.3 Å². The molecule has 94 valence electrons. The number of nitrogens with one attached hydrogen (secondary N) is 1. The van der Waals surface area contributed by atoms with Crippen molar-refractivity contribution in [2.24, 2.45) is 0 Å². The Labute approximate surface area is 101 Å². The zero-order valence-electron chi connectivity index (χ0n) is 8.80. The van der Waals surface area contributed by atoms with Gasteiger partial charge in [-0.25, -0.2) is 4.39 Å². The van der Waals surface area contributed by atoms with Crippen molar-refractivity contribution in [3.8, 4) is 0 Å². The molecule has 1 fully saturated rings. The molecule has 2 atom stereocenters. The minimum absolute atomic E-state index is 0.133. The van der Waals surface area contributed by atoms with Crippen LogP contribution in [-0.2, 0) is 0 Å². The van der Waals surface area contributed by atoms with Crippen LogP contribution in [0.5, 0.6) is 0 Å². The van der Waals surface area contributed by atoms with Crippen LogP contribution in [0.4, 0.5) is 23.2 Å². The van der Waals surface area contributed by atoms with Gasteiger partial charge >= 0.3 is 5.51 Å². The molecule has 1 aromatic carbocycles. The van der Waals surface area contributed by atoms with Crippen LogP contribution in [0.25, 0.3) is 0 Å². The average molecular weight is 265 g/mol. The summed E-state index contributed by atoms with van der Waals surface area (Å²) in [6.45, 7) is 0. The molecule has 2 unspecified atom stereocenters. The number of halogens is 4. The highest BCUT2D eigenvalue weighted by Gasteiger charge is 2.31. The second-order valence-corrected chi connectivity index (χ2v) is 5.05. The van der Waals surface area contributed by atoms with Gasteiger partial charge < -0.3 is 5.32 Å². The first-order valence-electron chi connectivity index (χ1n) is 5.20. The van der Waals surface area contributed by atoms with Crippen molar-refractivity contribution < 1.29 is 17.6 Å². The van der Waals surface area contributed by atoms with Gasteiger partial charge in [-0.1, -0.05) is 0 Å². The highest BCUT2D eigenvalue weighted by molar-refractivity contribution is 8.00. The molecule has 0 amide bonds. The van der Waals surface area contributed by atoms with Gasteiger partial charge in [-0.2, -0.15) is 13.2 Å². The molecular formula is C11H11F4NS. The number of thioether (sulfide) groups is 1. The van der Waals surface area contributed by atoms with Crippen molar-refractivity contribution in [1.82, 2.24) is 0 Å². The lowest BCUT2D eigenvalue weighted by molar-refractivity contribution is -0.0328. The van der Waals surface area contributed by atoms with E-state index in [-0.39, 0.29) is 22.7 Å². The van der Waals surface area contributed by atoms with E-state index in [1.807, 2.05) is 0 Å². The third-order valence-electron chi connectivity index (χ3n) is 2.63. The van der Waals surface area contributed by atoms with Crippen LogP contribution >= 0.6 is 11.8 Å². The normalized spacial score (nSPS) is 24.2. The number of hydrogen-bond acceptors (Lipinski definition) is 2. The van der Waals surface area contributed by atoms with Crippen LogP contribution in [0.3, 0.4) is 0 Å². The quantitative estimate of drug-likeness (QED) is 0.649. The number of alkyl halides is 4. The molecule has 0 spiro atoms. The molecule has 0 aliphatic heterocycles. The number of hydrogen-bond donors (Lipinski definition) is 1. The van der Waals surface area contributed by atoms with Gasteiger partial charge in [0.25, 0.3) is 0 Å². The van der Waals surface area contributed by atoms with E-state index in [1.54, 1.807) is 12.1 Å². The molecule has 17 heavy (non-hydrogen) atoms. The Morgan fingerprint density at radius 3 is 2.18 bits per heavy atom. The molecule has 1 nitrogen and oxygen atoms in total. The summed E-state index contributed by atoms with van der Waals surface area (Å²) in [7, 11) is 0. The van der Waals surface area contributed by atoms with Gasteiger partial charge in [0.15, 0.2) is 0 Å². The van der Waals surface area contributed by atoms with Gasteiger partial charge in [0.05, 0.1) is 6.04 Å². The van der Waals surface area contributed by atoms with Crippen LogP contribution in [0, 0.1) is 0 Å². The summed E-state index contributed by atoms with van der Waals surface area (Å²) in [5.74, 6) is 0. The highest BCUT2D eigenvalue weighted by Crippen LogP contribution is 2.37. The zero-order valence-corrected chi connectivity index (χ0v) is 9.61. The summed E-state index contributed by atoms with van der Waals surface area (Å²) in [4.78, 5) is 0.133. The third-order valence-corrected chi connectivity index (χ3v) is 3.37. The van der Waals surface area contributed by atoms with E-state index < -0.39 is 11.7 Å². The lowest BCUT2D eigenvalue weighted by Crippen LogP contribution is -2.39. The molecule has 0 saturated heterocycles. The van der Waals surface area contributed by atoms with Crippen molar-refractivity contribution in [1.29, 1.82) is 0 Å². The van der Waals surface area contributed by atoms with Gasteiger partial charge in [-0.3, -0.25) is 0 Å². The number of anilines is 1. The smallest absolute Gasteiger partial charge is 0.379 e. The van der Waals surface area contributed by atoms with Crippen molar-refractivity contribution in [3.63, 3.8) is 0 Å². The second kappa shape index (κ2) is 4.76. The molecule has 1 aliphatic carbocycles. The van der Waals surface area contributed by atoms with E-state index in [1.165, 1.54) is 12.1 Å². The van der Waals surface area contributed by atoms with Crippen LogP contribution in [-0.4, -0.2) is 17.7 Å². The van der Waals surface area contributed by atoms with E-state index in [4.69, 9.17) is 0 Å². The lowest BCUT2D eigenvalue weighted by Gasteiger charge is -2.31. The van der Waals surface area contributed by atoms with Gasteiger partial charge in [-0.05, 0) is 48.9 Å². The Hall–Kier alpha value is -0.910. The standard InChI is InChI=1S/C11H11F4NS/c12-9-5-6-10(9)16-7-1-3-8(4-2-7)17-11(13,14)15/h1-4,9-10,16H,5-6H2. The predicted octanol–water partition coefficient (Wildman–Crippen LogP) is 4.21. The fourth-order valence-corrected chi connectivity index (χ4v) is 2.13. The Bertz CT molecular complexity index is 376. The minimum atomic E-state index is -4.27. The van der Waals surface area contributed by atoms with Crippen molar-refractivity contribution in [2.45, 2.75) is 35.5 Å². The first-order valence-corrected chi connectivity index (χ1v) is 6.02. The van der Waals surface area contributed by atoms with Gasteiger partial charge in [-0.15, -0.1) is 0 Å². The fourth-order valence-electron chi connectivity index (χ4n) is 1.59.